The van der Waals surface area contributed by atoms with Crippen LogP contribution >= 0.6 is 0 Å². The first-order chi connectivity index (χ1) is 40.7. The fourth-order valence-electron chi connectivity index (χ4n) is 19.4. The molecule has 8 aromatic carbocycles. The normalized spacial score (nSPS) is 25.0. The lowest BCUT2D eigenvalue weighted by atomic mass is 9.33. The summed E-state index contributed by atoms with van der Waals surface area (Å²) in [5.41, 5.74) is 33.4. The highest BCUT2D eigenvalue weighted by molar-refractivity contribution is 7.00. The molecule has 4 aliphatic carbocycles. The minimum absolute atomic E-state index is 0.00813. The smallest absolute Gasteiger partial charge is 0.252 e. The Bertz CT molecular complexity index is 4530. The molecule has 1 aromatic heterocycles. The van der Waals surface area contributed by atoms with Crippen molar-refractivity contribution in [1.29, 1.82) is 0 Å². The van der Waals surface area contributed by atoms with Gasteiger partial charge in [-0.05, 0) is 243 Å². The first-order valence-corrected chi connectivity index (χ1v) is 33.0. The summed E-state index contributed by atoms with van der Waals surface area (Å²) in [5.74, 6) is 0. The largest absolute Gasteiger partial charge is 0.454 e. The van der Waals surface area contributed by atoms with Gasteiger partial charge in [0.15, 0.2) is 5.58 Å². The van der Waals surface area contributed by atoms with Crippen LogP contribution in [0.3, 0.4) is 0 Å². The van der Waals surface area contributed by atoms with E-state index in [0.717, 1.165) is 59.7 Å². The Morgan fingerprint density at radius 2 is 1.00 bits per heavy atom. The SMILES string of the molecule is Cc1cc2c3c(c1)N(c1cccc4c1oc1ccccc14)c1cc4c(cc1B3c1ccc3cc1N2c1cc2c(cc1C)C(C)(C)CCC2(C)c1cc2c(cc1-c1ccc5c(c1)C(C)(C)CCC5(C)C)C1(C)CCCCC1(C)N32)C(C)(C)CCC4(C)C. The average Bonchev–Trinajstić information content (AvgIpc) is 1.22. The molecule has 0 N–H and O–H groups in total. The van der Waals surface area contributed by atoms with E-state index in [1.165, 1.54) is 155 Å². The van der Waals surface area contributed by atoms with Gasteiger partial charge in [0.25, 0.3) is 6.71 Å². The molecule has 1 saturated carbocycles. The van der Waals surface area contributed by atoms with E-state index in [1.54, 1.807) is 0 Å². The van der Waals surface area contributed by atoms with Crippen molar-refractivity contribution in [3.8, 4) is 11.1 Å². The standard InChI is InChI=1S/C81H86BN3O/c1-47-37-69-72-70(38-47)84-65-46-60-56(39-48(65)2)78(11,12)35-36-79(60,13)55-44-66-61(42-53(55)49-25-27-54-57(40-49)75(5,6)32-31-74(54,3)4)80(14)29-18-19-30-81(80,15)85(66)50-26-28-62(67(84)41-50)82(72)63-43-58-59(77(9,10)34-33-76(58,7)8)45-68(63)83(69)64-23-20-22-52-51-21-16-17-24-71(51)86-73(52)64/h16-17,20-28,37-46H,18-19,29-36H2,1-15H3. The number of anilines is 8. The van der Waals surface area contributed by atoms with E-state index in [4.69, 9.17) is 4.42 Å². The third kappa shape index (κ3) is 6.74. The maximum Gasteiger partial charge on any atom is 0.252 e. The number of rotatable bonds is 2. The van der Waals surface area contributed by atoms with Gasteiger partial charge in [0.1, 0.15) is 5.58 Å². The molecule has 5 heteroatoms. The summed E-state index contributed by atoms with van der Waals surface area (Å²) in [5, 5.41) is 2.31. The third-order valence-electron chi connectivity index (χ3n) is 25.2. The molecule has 17 rings (SSSR count). The highest BCUT2D eigenvalue weighted by atomic mass is 16.3. The maximum atomic E-state index is 7.09. The molecule has 3 unspecified atom stereocenters. The highest BCUT2D eigenvalue weighted by Gasteiger charge is 2.59. The monoisotopic (exact) mass is 1130 g/mol. The zero-order valence-corrected chi connectivity index (χ0v) is 54.0. The Morgan fingerprint density at radius 1 is 0.407 bits per heavy atom. The van der Waals surface area contributed by atoms with E-state index < -0.39 is 0 Å². The van der Waals surface area contributed by atoms with Crippen LogP contribution in [0.25, 0.3) is 33.1 Å². The van der Waals surface area contributed by atoms with E-state index in [-0.39, 0.29) is 50.2 Å². The van der Waals surface area contributed by atoms with Crippen molar-refractivity contribution in [2.24, 2.45) is 0 Å². The summed E-state index contributed by atoms with van der Waals surface area (Å²) >= 11 is 0. The summed E-state index contributed by atoms with van der Waals surface area (Å²) in [6, 6.07) is 52.4. The van der Waals surface area contributed by atoms with E-state index in [0.29, 0.717) is 0 Å². The van der Waals surface area contributed by atoms with Crippen LogP contribution in [0.5, 0.6) is 0 Å². The fraction of sp³-hybridized carbons (Fsp3) is 0.407. The number of nitrogens with zero attached hydrogens (tertiary/aromatic N) is 3. The molecule has 4 aliphatic heterocycles. The lowest BCUT2D eigenvalue weighted by Crippen LogP contribution is -2.62. The Morgan fingerprint density at radius 3 is 1.73 bits per heavy atom. The molecular formula is C81H86BN3O. The fourth-order valence-corrected chi connectivity index (χ4v) is 19.4. The highest BCUT2D eigenvalue weighted by Crippen LogP contribution is 2.65. The van der Waals surface area contributed by atoms with Gasteiger partial charge in [-0.1, -0.05) is 163 Å². The Kier molecular flexibility index (Phi) is 10.4. The summed E-state index contributed by atoms with van der Waals surface area (Å²) in [6.07, 6.45) is 11.7. The van der Waals surface area contributed by atoms with Crippen molar-refractivity contribution >= 4 is 90.5 Å². The third-order valence-corrected chi connectivity index (χ3v) is 25.2. The molecular weight excluding hydrogens is 1040 g/mol. The van der Waals surface area contributed by atoms with Crippen molar-refractivity contribution in [2.45, 2.75) is 212 Å². The van der Waals surface area contributed by atoms with Crippen LogP contribution < -0.4 is 31.1 Å². The number of aryl methyl sites for hydroxylation is 2. The van der Waals surface area contributed by atoms with Crippen molar-refractivity contribution in [1.82, 2.24) is 0 Å². The van der Waals surface area contributed by atoms with E-state index in [2.05, 4.69) is 246 Å². The second kappa shape index (κ2) is 16.8. The van der Waals surface area contributed by atoms with Crippen LogP contribution in [-0.2, 0) is 37.9 Å². The van der Waals surface area contributed by atoms with Crippen molar-refractivity contribution in [2.75, 3.05) is 14.7 Å². The molecule has 0 spiro atoms. The molecule has 5 heterocycles. The summed E-state index contributed by atoms with van der Waals surface area (Å²) < 4.78 is 7.09. The van der Waals surface area contributed by atoms with Gasteiger partial charge in [-0.15, -0.1) is 0 Å². The van der Waals surface area contributed by atoms with Gasteiger partial charge in [0, 0.05) is 61.4 Å². The second-order valence-corrected chi connectivity index (χ2v) is 32.5. The molecule has 4 nitrogen and oxygen atoms in total. The second-order valence-electron chi connectivity index (χ2n) is 32.5. The number of para-hydroxylation sites is 2. The topological polar surface area (TPSA) is 22.9 Å². The Labute approximate surface area is 512 Å². The molecule has 0 saturated heterocycles. The number of fused-ring (bicyclic) bond motifs is 18. The number of furan rings is 1. The quantitative estimate of drug-likeness (QED) is 0.161. The summed E-state index contributed by atoms with van der Waals surface area (Å²) in [4.78, 5) is 8.33. The molecule has 1 fully saturated rings. The van der Waals surface area contributed by atoms with Gasteiger partial charge in [-0.3, -0.25) is 0 Å². The first kappa shape index (κ1) is 53.3. The van der Waals surface area contributed by atoms with Crippen LogP contribution in [0.15, 0.2) is 132 Å². The van der Waals surface area contributed by atoms with Crippen LogP contribution in [0.1, 0.15) is 210 Å². The van der Waals surface area contributed by atoms with Gasteiger partial charge < -0.3 is 19.1 Å². The van der Waals surface area contributed by atoms with Crippen molar-refractivity contribution < 1.29 is 4.42 Å². The molecule has 0 amide bonds. The predicted octanol–water partition coefficient (Wildman–Crippen LogP) is 20.1. The lowest BCUT2D eigenvalue weighted by molar-refractivity contribution is 0.195. The van der Waals surface area contributed by atoms with Crippen molar-refractivity contribution in [3.63, 3.8) is 0 Å². The zero-order chi connectivity index (χ0) is 59.5. The minimum atomic E-state index is -0.301. The van der Waals surface area contributed by atoms with Gasteiger partial charge in [-0.25, -0.2) is 0 Å². The first-order valence-electron chi connectivity index (χ1n) is 33.0. The Balaban J connectivity index is 0.993. The van der Waals surface area contributed by atoms with Gasteiger partial charge in [0.2, 0.25) is 0 Å². The van der Waals surface area contributed by atoms with Crippen LogP contribution in [0.4, 0.5) is 45.5 Å². The van der Waals surface area contributed by atoms with E-state index in [1.807, 2.05) is 0 Å². The molecule has 9 aromatic rings. The maximum absolute atomic E-state index is 7.09. The molecule has 3 atom stereocenters. The van der Waals surface area contributed by atoms with Crippen LogP contribution in [0.2, 0.25) is 0 Å². The van der Waals surface area contributed by atoms with Crippen molar-refractivity contribution in [3.05, 3.63) is 183 Å². The van der Waals surface area contributed by atoms with Gasteiger partial charge >= 0.3 is 0 Å². The van der Waals surface area contributed by atoms with E-state index >= 15 is 0 Å². The van der Waals surface area contributed by atoms with Gasteiger partial charge in [-0.2, -0.15) is 0 Å². The zero-order valence-electron chi connectivity index (χ0n) is 54.0. The molecule has 86 heavy (non-hydrogen) atoms. The number of hydrogen-bond acceptors (Lipinski definition) is 4. The summed E-state index contributed by atoms with van der Waals surface area (Å²) in [6.45, 7) is 37.7. The number of hydrogen-bond donors (Lipinski definition) is 0. The summed E-state index contributed by atoms with van der Waals surface area (Å²) in [7, 11) is 0. The van der Waals surface area contributed by atoms with Crippen LogP contribution in [0, 0.1) is 13.8 Å². The van der Waals surface area contributed by atoms with Gasteiger partial charge in [0.05, 0.1) is 11.2 Å². The molecule has 434 valence electrons. The van der Waals surface area contributed by atoms with E-state index in [9.17, 15) is 0 Å². The average molecular weight is 1130 g/mol. The number of benzene rings is 8. The van der Waals surface area contributed by atoms with Crippen LogP contribution in [-0.4, -0.2) is 12.3 Å². The Hall–Kier alpha value is -6.98. The molecule has 8 aliphatic rings. The molecule has 0 radical (unpaired) electrons. The predicted molar refractivity (Wildman–Crippen MR) is 365 cm³/mol. The lowest BCUT2D eigenvalue weighted by Gasteiger charge is -2.51. The minimum Gasteiger partial charge on any atom is -0.454 e. The molecule has 6 bridgehead atoms.